The van der Waals surface area contributed by atoms with E-state index < -0.39 is 42.7 Å². The van der Waals surface area contributed by atoms with Crippen LogP contribution in [-0.2, 0) is 17.8 Å². The quantitative estimate of drug-likeness (QED) is 0.236. The van der Waals surface area contributed by atoms with E-state index in [4.69, 9.17) is 0 Å². The summed E-state index contributed by atoms with van der Waals surface area (Å²) in [5.74, 6) is -3.43. The van der Waals surface area contributed by atoms with Gasteiger partial charge >= 0.3 is 12.1 Å². The molecule has 0 aliphatic carbocycles. The number of para-hydroxylation sites is 1. The Bertz CT molecular complexity index is 1700. The molecule has 10 nitrogen and oxygen atoms in total. The van der Waals surface area contributed by atoms with Crippen LogP contribution < -0.4 is 15.5 Å². The molecular weight excluding hydrogens is 572 g/mol. The molecule has 2 amide bonds. The summed E-state index contributed by atoms with van der Waals surface area (Å²) < 4.78 is 54.1. The van der Waals surface area contributed by atoms with Crippen LogP contribution in [0.3, 0.4) is 0 Å². The highest BCUT2D eigenvalue weighted by Gasteiger charge is 2.31. The maximum Gasteiger partial charge on any atom is 0.408 e. The van der Waals surface area contributed by atoms with E-state index in [0.29, 0.717) is 18.8 Å². The highest BCUT2D eigenvalue weighted by atomic mass is 19.4. The van der Waals surface area contributed by atoms with Crippen molar-refractivity contribution in [1.82, 2.24) is 14.8 Å². The number of rotatable bonds is 8. The molecule has 4 aromatic rings. The standard InChI is InChI=1S/C29H26F4N6O4/c30-18-8-9-20(17(12-18)13-25(40)41)35-27(42)22-14-21(24(15-34-22)38-10-4-1-5-11-38)36-28(43)26-19-6-2-3-7-23(19)39(37-26)16-29(31,32)33/h2-3,6-9,12,14-15H,1,4-5,10-11,13,16H2,(H,35,42)(H,40,41)(H,34,36,43). The number of nitrogens with one attached hydrogen (secondary N) is 2. The van der Waals surface area contributed by atoms with E-state index in [1.807, 2.05) is 4.90 Å². The molecule has 2 aromatic carbocycles. The Labute approximate surface area is 242 Å². The number of pyridine rings is 1. The van der Waals surface area contributed by atoms with E-state index in [0.717, 1.165) is 36.1 Å². The van der Waals surface area contributed by atoms with Gasteiger partial charge in [0.05, 0.1) is 29.5 Å². The van der Waals surface area contributed by atoms with E-state index in [9.17, 15) is 37.1 Å². The number of fused-ring (bicyclic) bond motifs is 1. The number of piperidine rings is 1. The molecule has 1 saturated heterocycles. The minimum Gasteiger partial charge on any atom is -0.481 e. The van der Waals surface area contributed by atoms with Gasteiger partial charge in [-0.3, -0.25) is 19.1 Å². The molecule has 2 aromatic heterocycles. The fourth-order valence-corrected chi connectivity index (χ4v) is 5.01. The number of carboxylic acid groups (broad SMARTS) is 1. The number of aliphatic carboxylic acids is 1. The topological polar surface area (TPSA) is 129 Å². The van der Waals surface area contributed by atoms with Crippen LogP contribution in [-0.4, -0.2) is 56.9 Å². The summed E-state index contributed by atoms with van der Waals surface area (Å²) >= 11 is 0. The number of nitrogens with zero attached hydrogens (tertiary/aromatic N) is 4. The van der Waals surface area contributed by atoms with Gasteiger partial charge in [-0.1, -0.05) is 18.2 Å². The summed E-state index contributed by atoms with van der Waals surface area (Å²) in [6.07, 6.45) is -0.890. The van der Waals surface area contributed by atoms with Gasteiger partial charge in [-0.2, -0.15) is 18.3 Å². The van der Waals surface area contributed by atoms with Crippen LogP contribution in [0.2, 0.25) is 0 Å². The third-order valence-electron chi connectivity index (χ3n) is 6.92. The molecule has 1 aliphatic rings. The first-order chi connectivity index (χ1) is 20.5. The Morgan fingerprint density at radius 3 is 2.37 bits per heavy atom. The lowest BCUT2D eigenvalue weighted by Gasteiger charge is -2.30. The van der Waals surface area contributed by atoms with Crippen LogP contribution in [0, 0.1) is 5.82 Å². The predicted octanol–water partition coefficient (Wildman–Crippen LogP) is 5.25. The lowest BCUT2D eigenvalue weighted by Crippen LogP contribution is -2.31. The van der Waals surface area contributed by atoms with Gasteiger partial charge in [-0.25, -0.2) is 9.37 Å². The normalized spacial score (nSPS) is 13.6. The second kappa shape index (κ2) is 12.1. The molecule has 0 spiro atoms. The minimum atomic E-state index is -4.56. The number of carboxylic acids is 1. The maximum atomic E-state index is 13.7. The van der Waals surface area contributed by atoms with Crippen molar-refractivity contribution in [3.05, 3.63) is 77.5 Å². The Hall–Kier alpha value is -5.01. The van der Waals surface area contributed by atoms with Gasteiger partial charge in [0.15, 0.2) is 5.69 Å². The van der Waals surface area contributed by atoms with Crippen LogP contribution in [0.5, 0.6) is 0 Å². The van der Waals surface area contributed by atoms with Crippen molar-refractivity contribution in [3.63, 3.8) is 0 Å². The second-order valence-electron chi connectivity index (χ2n) is 10.1. The van der Waals surface area contributed by atoms with Crippen LogP contribution in [0.4, 0.5) is 34.6 Å². The predicted molar refractivity (Wildman–Crippen MR) is 150 cm³/mol. The SMILES string of the molecule is O=C(O)Cc1cc(F)ccc1NC(=O)c1cc(NC(=O)c2nn(CC(F)(F)F)c3ccccc23)c(N2CCCCC2)cn1. The average Bonchev–Trinajstić information content (AvgIpc) is 3.31. The van der Waals surface area contributed by atoms with Crippen molar-refractivity contribution < 1.29 is 37.1 Å². The largest absolute Gasteiger partial charge is 0.481 e. The zero-order chi connectivity index (χ0) is 30.7. The third kappa shape index (κ3) is 6.90. The average molecular weight is 599 g/mol. The number of halogens is 4. The summed E-state index contributed by atoms with van der Waals surface area (Å²) in [6, 6.07) is 10.7. The van der Waals surface area contributed by atoms with Crippen molar-refractivity contribution in [2.75, 3.05) is 28.6 Å². The smallest absolute Gasteiger partial charge is 0.408 e. The van der Waals surface area contributed by atoms with Crippen molar-refractivity contribution in [2.24, 2.45) is 0 Å². The number of aromatic nitrogens is 3. The highest BCUT2D eigenvalue weighted by molar-refractivity contribution is 6.13. The molecule has 5 rings (SSSR count). The number of carbonyl (C=O) groups is 3. The molecule has 1 aliphatic heterocycles. The number of hydrogen-bond acceptors (Lipinski definition) is 6. The zero-order valence-electron chi connectivity index (χ0n) is 22.6. The second-order valence-corrected chi connectivity index (χ2v) is 10.1. The van der Waals surface area contributed by atoms with E-state index in [-0.39, 0.29) is 39.2 Å². The number of carbonyl (C=O) groups excluding carboxylic acids is 2. The Morgan fingerprint density at radius 2 is 1.65 bits per heavy atom. The number of alkyl halides is 3. The van der Waals surface area contributed by atoms with Crippen molar-refractivity contribution in [1.29, 1.82) is 0 Å². The molecule has 224 valence electrons. The van der Waals surface area contributed by atoms with Crippen LogP contribution in [0.25, 0.3) is 10.9 Å². The van der Waals surface area contributed by atoms with Gasteiger partial charge in [0.25, 0.3) is 11.8 Å². The van der Waals surface area contributed by atoms with Crippen molar-refractivity contribution in [3.8, 4) is 0 Å². The summed E-state index contributed by atoms with van der Waals surface area (Å²) in [5, 5.41) is 18.6. The molecule has 3 N–H and O–H groups in total. The number of hydrogen-bond donors (Lipinski definition) is 3. The van der Waals surface area contributed by atoms with Crippen molar-refractivity contribution in [2.45, 2.75) is 38.4 Å². The molecular formula is C29H26F4N6O4. The van der Waals surface area contributed by atoms with E-state index in [1.54, 1.807) is 12.1 Å². The highest BCUT2D eigenvalue weighted by Crippen LogP contribution is 2.31. The first kappa shape index (κ1) is 29.5. The van der Waals surface area contributed by atoms with Crippen LogP contribution >= 0.6 is 0 Å². The van der Waals surface area contributed by atoms with Gasteiger partial charge in [0.2, 0.25) is 0 Å². The molecule has 43 heavy (non-hydrogen) atoms. The van der Waals surface area contributed by atoms with Crippen LogP contribution in [0.1, 0.15) is 45.8 Å². The summed E-state index contributed by atoms with van der Waals surface area (Å²) in [7, 11) is 0. The van der Waals surface area contributed by atoms with Gasteiger partial charge in [-0.05, 0) is 55.2 Å². The fourth-order valence-electron chi connectivity index (χ4n) is 5.01. The monoisotopic (exact) mass is 598 g/mol. The molecule has 0 bridgehead atoms. The lowest BCUT2D eigenvalue weighted by molar-refractivity contribution is -0.142. The molecule has 3 heterocycles. The summed E-state index contributed by atoms with van der Waals surface area (Å²) in [5.41, 5.74) is 0.574. The summed E-state index contributed by atoms with van der Waals surface area (Å²) in [4.78, 5) is 44.2. The molecule has 1 fully saturated rings. The number of anilines is 3. The minimum absolute atomic E-state index is 0.0423. The molecule has 14 heteroatoms. The van der Waals surface area contributed by atoms with E-state index >= 15 is 0 Å². The van der Waals surface area contributed by atoms with Gasteiger partial charge in [0, 0.05) is 24.2 Å². The Morgan fingerprint density at radius 1 is 0.930 bits per heavy atom. The zero-order valence-corrected chi connectivity index (χ0v) is 22.6. The molecule has 0 saturated carbocycles. The first-order valence-corrected chi connectivity index (χ1v) is 13.4. The van der Waals surface area contributed by atoms with Crippen molar-refractivity contribution >= 4 is 45.7 Å². The molecule has 0 unspecified atom stereocenters. The molecule has 0 radical (unpaired) electrons. The first-order valence-electron chi connectivity index (χ1n) is 13.4. The Kier molecular flexibility index (Phi) is 8.28. The van der Waals surface area contributed by atoms with E-state index in [2.05, 4.69) is 20.7 Å². The summed E-state index contributed by atoms with van der Waals surface area (Å²) in [6.45, 7) is -0.0621. The third-order valence-corrected chi connectivity index (χ3v) is 6.92. The Balaban J connectivity index is 1.48. The molecule has 0 atom stereocenters. The van der Waals surface area contributed by atoms with Gasteiger partial charge < -0.3 is 20.6 Å². The fraction of sp³-hybridized carbons (Fsp3) is 0.276. The van der Waals surface area contributed by atoms with Crippen LogP contribution in [0.15, 0.2) is 54.7 Å². The lowest BCUT2D eigenvalue weighted by atomic mass is 10.1. The maximum absolute atomic E-state index is 13.7. The number of benzene rings is 2. The van der Waals surface area contributed by atoms with E-state index in [1.165, 1.54) is 30.5 Å². The van der Waals surface area contributed by atoms with Gasteiger partial charge in [-0.15, -0.1) is 0 Å². The number of amides is 2. The van der Waals surface area contributed by atoms with Gasteiger partial charge in [0.1, 0.15) is 18.1 Å².